The van der Waals surface area contributed by atoms with Crippen molar-refractivity contribution in [2.45, 2.75) is 51.2 Å². The number of nitrogens with zero attached hydrogens (tertiary/aromatic N) is 2. The number of hydrogen-bond acceptors (Lipinski definition) is 5. The monoisotopic (exact) mass is 354 g/mol. The zero-order chi connectivity index (χ0) is 17.1. The van der Waals surface area contributed by atoms with Gasteiger partial charge in [-0.15, -0.1) is 0 Å². The summed E-state index contributed by atoms with van der Waals surface area (Å²) >= 11 is 6.03. The lowest BCUT2D eigenvalue weighted by Gasteiger charge is -2.29. The van der Waals surface area contributed by atoms with Crippen LogP contribution in [0.5, 0.6) is 0 Å². The first-order valence-corrected chi connectivity index (χ1v) is 8.87. The van der Waals surface area contributed by atoms with Crippen LogP contribution in [-0.2, 0) is 4.74 Å². The standard InChI is InChI=1S/C16H23ClN4O3/c1-10-4-2-3-5-12(10)19-16(23)24-11-6-7-21(9-11)13-8-18-20-15(22)14(13)17/h8,10-12H,2-7,9H2,1H3,(H,19,23)(H,20,22)/t10-,11-,12-/m1/s1. The van der Waals surface area contributed by atoms with Crippen LogP contribution in [-0.4, -0.2) is 41.5 Å². The van der Waals surface area contributed by atoms with Gasteiger partial charge in [0.25, 0.3) is 5.56 Å². The molecule has 24 heavy (non-hydrogen) atoms. The first kappa shape index (κ1) is 17.1. The second-order valence-electron chi connectivity index (χ2n) is 6.67. The Morgan fingerprint density at radius 3 is 3.00 bits per heavy atom. The molecular weight excluding hydrogens is 332 g/mol. The molecular formula is C16H23ClN4O3. The van der Waals surface area contributed by atoms with E-state index in [1.165, 1.54) is 12.6 Å². The summed E-state index contributed by atoms with van der Waals surface area (Å²) in [6, 6.07) is 0.204. The number of nitrogens with one attached hydrogen (secondary N) is 2. The summed E-state index contributed by atoms with van der Waals surface area (Å²) in [6.45, 7) is 3.35. The van der Waals surface area contributed by atoms with E-state index in [4.69, 9.17) is 16.3 Å². The Labute approximate surface area is 145 Å². The van der Waals surface area contributed by atoms with E-state index < -0.39 is 5.56 Å². The molecule has 0 radical (unpaired) electrons. The topological polar surface area (TPSA) is 87.3 Å². The molecule has 1 saturated heterocycles. The molecule has 132 valence electrons. The van der Waals surface area contributed by atoms with Gasteiger partial charge in [-0.1, -0.05) is 31.4 Å². The zero-order valence-corrected chi connectivity index (χ0v) is 14.5. The number of hydrogen-bond donors (Lipinski definition) is 2. The molecule has 1 aliphatic carbocycles. The Bertz CT molecular complexity index is 650. The van der Waals surface area contributed by atoms with Gasteiger partial charge >= 0.3 is 6.09 Å². The molecule has 0 spiro atoms. The summed E-state index contributed by atoms with van der Waals surface area (Å²) in [7, 11) is 0. The maximum atomic E-state index is 12.1. The van der Waals surface area contributed by atoms with Crippen molar-refractivity contribution < 1.29 is 9.53 Å². The second-order valence-corrected chi connectivity index (χ2v) is 7.05. The summed E-state index contributed by atoms with van der Waals surface area (Å²) in [5, 5.41) is 9.19. The molecule has 2 heterocycles. The lowest BCUT2D eigenvalue weighted by Crippen LogP contribution is -2.42. The molecule has 1 aromatic rings. The van der Waals surface area contributed by atoms with Gasteiger partial charge in [-0.2, -0.15) is 5.10 Å². The Balaban J connectivity index is 1.53. The van der Waals surface area contributed by atoms with Crippen LogP contribution in [0.4, 0.5) is 10.5 Å². The van der Waals surface area contributed by atoms with Gasteiger partial charge in [-0.05, 0) is 18.8 Å². The fraction of sp³-hybridized carbons (Fsp3) is 0.688. The van der Waals surface area contributed by atoms with Crippen LogP contribution in [0.15, 0.2) is 11.0 Å². The van der Waals surface area contributed by atoms with Crippen LogP contribution in [0.25, 0.3) is 0 Å². The van der Waals surface area contributed by atoms with Gasteiger partial charge in [-0.3, -0.25) is 4.79 Å². The van der Waals surface area contributed by atoms with Crippen molar-refractivity contribution in [1.29, 1.82) is 0 Å². The van der Waals surface area contributed by atoms with Crippen LogP contribution < -0.4 is 15.8 Å². The predicted octanol–water partition coefficient (Wildman–Crippen LogP) is 2.31. The van der Waals surface area contributed by atoms with Crippen LogP contribution in [0.3, 0.4) is 0 Å². The van der Waals surface area contributed by atoms with Crippen molar-refractivity contribution in [3.8, 4) is 0 Å². The van der Waals surface area contributed by atoms with E-state index in [0.29, 0.717) is 31.1 Å². The third-order valence-electron chi connectivity index (χ3n) is 4.95. The highest BCUT2D eigenvalue weighted by molar-refractivity contribution is 6.33. The molecule has 2 fully saturated rings. The lowest BCUT2D eigenvalue weighted by atomic mass is 9.86. The summed E-state index contributed by atoms with van der Waals surface area (Å²) in [4.78, 5) is 25.6. The molecule has 1 aliphatic heterocycles. The number of aromatic amines is 1. The molecule has 1 aromatic heterocycles. The van der Waals surface area contributed by atoms with E-state index >= 15 is 0 Å². The van der Waals surface area contributed by atoms with Gasteiger partial charge in [0, 0.05) is 19.0 Å². The summed E-state index contributed by atoms with van der Waals surface area (Å²) in [6.07, 6.45) is 6.22. The number of ether oxygens (including phenoxy) is 1. The second kappa shape index (κ2) is 7.42. The Kier molecular flexibility index (Phi) is 5.28. The number of rotatable bonds is 3. The lowest BCUT2D eigenvalue weighted by molar-refractivity contribution is 0.0992. The van der Waals surface area contributed by atoms with E-state index in [-0.39, 0.29) is 23.3 Å². The fourth-order valence-corrected chi connectivity index (χ4v) is 3.72. The van der Waals surface area contributed by atoms with E-state index in [1.54, 1.807) is 0 Å². The van der Waals surface area contributed by atoms with Crippen LogP contribution in [0.2, 0.25) is 5.02 Å². The van der Waals surface area contributed by atoms with Gasteiger partial charge in [0.05, 0.1) is 18.4 Å². The maximum absolute atomic E-state index is 12.1. The Hall–Kier alpha value is -1.76. The van der Waals surface area contributed by atoms with Gasteiger partial charge in [-0.25, -0.2) is 9.89 Å². The van der Waals surface area contributed by atoms with Gasteiger partial charge < -0.3 is 15.0 Å². The van der Waals surface area contributed by atoms with Crippen LogP contribution >= 0.6 is 11.6 Å². The van der Waals surface area contributed by atoms with Crippen molar-refractivity contribution >= 4 is 23.4 Å². The SMILES string of the molecule is C[C@@H]1CCCC[C@H]1NC(=O)O[C@@H]1CCN(c2cn[nH]c(=O)c2Cl)C1. The van der Waals surface area contributed by atoms with E-state index in [1.807, 2.05) is 4.90 Å². The quantitative estimate of drug-likeness (QED) is 0.869. The van der Waals surface area contributed by atoms with Crippen molar-refractivity contribution in [3.63, 3.8) is 0 Å². The number of H-pyrrole nitrogens is 1. The number of alkyl carbamates (subject to hydrolysis) is 1. The highest BCUT2D eigenvalue weighted by Gasteiger charge is 2.29. The first-order valence-electron chi connectivity index (χ1n) is 8.50. The predicted molar refractivity (Wildman–Crippen MR) is 91.5 cm³/mol. The zero-order valence-electron chi connectivity index (χ0n) is 13.8. The average molecular weight is 355 g/mol. The summed E-state index contributed by atoms with van der Waals surface area (Å²) < 4.78 is 5.54. The minimum atomic E-state index is -0.414. The van der Waals surface area contributed by atoms with Crippen molar-refractivity contribution in [3.05, 3.63) is 21.6 Å². The van der Waals surface area contributed by atoms with Gasteiger partial charge in [0.1, 0.15) is 11.1 Å². The molecule has 7 nitrogen and oxygen atoms in total. The molecule has 3 atom stereocenters. The molecule has 8 heteroatoms. The number of carbonyl (C=O) groups excluding carboxylic acids is 1. The first-order chi connectivity index (χ1) is 11.5. The molecule has 0 aromatic carbocycles. The normalized spacial score (nSPS) is 27.1. The average Bonchev–Trinajstić information content (AvgIpc) is 3.00. The highest BCUT2D eigenvalue weighted by Crippen LogP contribution is 2.26. The molecule has 0 bridgehead atoms. The maximum Gasteiger partial charge on any atom is 0.407 e. The van der Waals surface area contributed by atoms with Gasteiger partial charge in [0.15, 0.2) is 0 Å². The van der Waals surface area contributed by atoms with E-state index in [2.05, 4.69) is 22.4 Å². The molecule has 2 N–H and O–H groups in total. The molecule has 2 aliphatic rings. The van der Waals surface area contributed by atoms with Crippen molar-refractivity contribution in [1.82, 2.24) is 15.5 Å². The number of aromatic nitrogens is 2. The number of amides is 1. The largest absolute Gasteiger partial charge is 0.444 e. The number of anilines is 1. The minimum absolute atomic E-state index is 0.117. The van der Waals surface area contributed by atoms with Crippen LogP contribution in [0.1, 0.15) is 39.0 Å². The molecule has 3 rings (SSSR count). The number of halogens is 1. The fourth-order valence-electron chi connectivity index (χ4n) is 3.51. The van der Waals surface area contributed by atoms with E-state index in [0.717, 1.165) is 19.3 Å². The molecule has 0 unspecified atom stereocenters. The highest BCUT2D eigenvalue weighted by atomic mass is 35.5. The molecule has 1 saturated carbocycles. The Morgan fingerprint density at radius 2 is 2.21 bits per heavy atom. The smallest absolute Gasteiger partial charge is 0.407 e. The van der Waals surface area contributed by atoms with Crippen molar-refractivity contribution in [2.75, 3.05) is 18.0 Å². The minimum Gasteiger partial charge on any atom is -0.444 e. The van der Waals surface area contributed by atoms with Gasteiger partial charge in [0.2, 0.25) is 0 Å². The third kappa shape index (κ3) is 3.83. The Morgan fingerprint density at radius 1 is 1.42 bits per heavy atom. The van der Waals surface area contributed by atoms with Crippen molar-refractivity contribution in [2.24, 2.45) is 5.92 Å². The van der Waals surface area contributed by atoms with E-state index in [9.17, 15) is 9.59 Å². The van der Waals surface area contributed by atoms with Crippen LogP contribution in [0, 0.1) is 5.92 Å². The summed E-state index contributed by atoms with van der Waals surface area (Å²) in [5.74, 6) is 0.493. The number of carbonyl (C=O) groups is 1. The molecule has 1 amide bonds. The third-order valence-corrected chi connectivity index (χ3v) is 5.32. The summed E-state index contributed by atoms with van der Waals surface area (Å²) in [5.41, 5.74) is 0.162.